The Morgan fingerprint density at radius 2 is 2.16 bits per heavy atom. The average molecular weight is 264 g/mol. The van der Waals surface area contributed by atoms with Crippen LogP contribution in [0, 0.1) is 6.92 Å². The van der Waals surface area contributed by atoms with Crippen LogP contribution in [0.15, 0.2) is 12.3 Å². The molecule has 0 aliphatic heterocycles. The number of aromatic carboxylic acids is 1. The summed E-state index contributed by atoms with van der Waals surface area (Å²) in [5, 5.41) is 9.41. The first kappa shape index (κ1) is 15.5. The number of aromatic nitrogens is 1. The van der Waals surface area contributed by atoms with Crippen LogP contribution in [-0.4, -0.2) is 28.6 Å². The third-order valence-electron chi connectivity index (χ3n) is 3.50. The van der Waals surface area contributed by atoms with Crippen LogP contribution in [0.5, 0.6) is 0 Å². The maximum Gasteiger partial charge on any atom is 0.339 e. The highest BCUT2D eigenvalue weighted by molar-refractivity contribution is 5.95. The van der Waals surface area contributed by atoms with Crippen LogP contribution in [0.4, 0.5) is 5.82 Å². The lowest BCUT2D eigenvalue weighted by molar-refractivity contribution is 0.0696. The quantitative estimate of drug-likeness (QED) is 0.819. The van der Waals surface area contributed by atoms with Gasteiger partial charge in [0.1, 0.15) is 11.4 Å². The first-order valence-electron chi connectivity index (χ1n) is 6.98. The van der Waals surface area contributed by atoms with Crippen molar-refractivity contribution in [2.75, 3.05) is 11.4 Å². The van der Waals surface area contributed by atoms with Crippen molar-refractivity contribution < 1.29 is 9.90 Å². The third-order valence-corrected chi connectivity index (χ3v) is 3.50. The molecule has 0 spiro atoms. The molecule has 19 heavy (non-hydrogen) atoms. The second-order valence-electron chi connectivity index (χ2n) is 4.94. The molecule has 1 rings (SSSR count). The highest BCUT2D eigenvalue weighted by atomic mass is 16.4. The number of carboxylic acids is 1. The molecule has 0 aromatic carbocycles. The van der Waals surface area contributed by atoms with Gasteiger partial charge < -0.3 is 10.0 Å². The van der Waals surface area contributed by atoms with E-state index in [-0.39, 0.29) is 0 Å². The van der Waals surface area contributed by atoms with Gasteiger partial charge in [0, 0.05) is 18.8 Å². The maximum absolute atomic E-state index is 11.5. The smallest absolute Gasteiger partial charge is 0.339 e. The number of nitrogens with zero attached hydrogens (tertiary/aromatic N) is 2. The van der Waals surface area contributed by atoms with Gasteiger partial charge in [-0.25, -0.2) is 9.78 Å². The summed E-state index contributed by atoms with van der Waals surface area (Å²) < 4.78 is 0. The van der Waals surface area contributed by atoms with E-state index in [4.69, 9.17) is 0 Å². The van der Waals surface area contributed by atoms with E-state index in [1.54, 1.807) is 12.3 Å². The maximum atomic E-state index is 11.5. The predicted octanol–water partition coefficient (Wildman–Crippen LogP) is 3.49. The molecule has 1 aromatic rings. The van der Waals surface area contributed by atoms with Gasteiger partial charge in [-0.3, -0.25) is 0 Å². The molecule has 0 aliphatic rings. The van der Waals surface area contributed by atoms with Crippen LogP contribution in [0.3, 0.4) is 0 Å². The van der Waals surface area contributed by atoms with Gasteiger partial charge in [0.15, 0.2) is 0 Å². The number of anilines is 1. The van der Waals surface area contributed by atoms with E-state index in [2.05, 4.69) is 30.7 Å². The Labute approximate surface area is 115 Å². The number of carboxylic acid groups (broad SMARTS) is 1. The average Bonchev–Trinajstić information content (AvgIpc) is 2.38. The number of pyridine rings is 1. The molecule has 1 heterocycles. The minimum absolute atomic E-state index is 0.291. The first-order chi connectivity index (χ1) is 9.02. The summed E-state index contributed by atoms with van der Waals surface area (Å²) in [5.74, 6) is -0.291. The van der Waals surface area contributed by atoms with Crippen molar-refractivity contribution in [2.45, 2.75) is 53.0 Å². The molecule has 0 aliphatic carbocycles. The van der Waals surface area contributed by atoms with Gasteiger partial charge in [0.25, 0.3) is 0 Å². The van der Waals surface area contributed by atoms with Crippen LogP contribution >= 0.6 is 0 Å². The molecule has 0 saturated carbocycles. The van der Waals surface area contributed by atoms with Crippen molar-refractivity contribution in [2.24, 2.45) is 0 Å². The number of hydrogen-bond donors (Lipinski definition) is 1. The summed E-state index contributed by atoms with van der Waals surface area (Å²) in [6, 6.07) is 2.04. The van der Waals surface area contributed by atoms with Crippen molar-refractivity contribution in [3.05, 3.63) is 23.4 Å². The van der Waals surface area contributed by atoms with Crippen molar-refractivity contribution >= 4 is 11.8 Å². The molecule has 1 N–H and O–H groups in total. The molecular formula is C15H24N2O2. The zero-order valence-corrected chi connectivity index (χ0v) is 12.3. The molecule has 4 heteroatoms. The van der Waals surface area contributed by atoms with Gasteiger partial charge in [-0.15, -0.1) is 0 Å². The Morgan fingerprint density at radius 1 is 1.47 bits per heavy atom. The van der Waals surface area contributed by atoms with Gasteiger partial charge in [0.05, 0.1) is 0 Å². The van der Waals surface area contributed by atoms with E-state index in [0.29, 0.717) is 17.4 Å². The number of rotatable bonds is 7. The highest BCUT2D eigenvalue weighted by Crippen LogP contribution is 2.24. The molecule has 0 fully saturated rings. The predicted molar refractivity (Wildman–Crippen MR) is 77.9 cm³/mol. The second-order valence-corrected chi connectivity index (χ2v) is 4.94. The van der Waals surface area contributed by atoms with E-state index in [9.17, 15) is 9.90 Å². The molecule has 106 valence electrons. The highest BCUT2D eigenvalue weighted by Gasteiger charge is 2.22. The van der Waals surface area contributed by atoms with Gasteiger partial charge in [-0.05, 0) is 38.3 Å². The van der Waals surface area contributed by atoms with Crippen molar-refractivity contribution in [3.8, 4) is 0 Å². The summed E-state index contributed by atoms with van der Waals surface area (Å²) in [7, 11) is 0. The normalized spacial score (nSPS) is 12.2. The van der Waals surface area contributed by atoms with Crippen LogP contribution in [0.2, 0.25) is 0 Å². The summed E-state index contributed by atoms with van der Waals surface area (Å²) in [5.41, 5.74) is 1.10. The number of hydrogen-bond acceptors (Lipinski definition) is 3. The molecule has 0 amide bonds. The summed E-state index contributed by atoms with van der Waals surface area (Å²) >= 11 is 0. The largest absolute Gasteiger partial charge is 0.478 e. The van der Waals surface area contributed by atoms with E-state index in [0.717, 1.165) is 31.4 Å². The SMILES string of the molecule is CCCCN(c1nccc(C)c1C(=O)O)C(C)CC. The molecule has 1 aromatic heterocycles. The first-order valence-corrected chi connectivity index (χ1v) is 6.98. The van der Waals surface area contributed by atoms with Gasteiger partial charge >= 0.3 is 5.97 Å². The lowest BCUT2D eigenvalue weighted by atomic mass is 10.1. The number of carbonyl (C=O) groups is 1. The van der Waals surface area contributed by atoms with Crippen molar-refractivity contribution in [3.63, 3.8) is 0 Å². The molecule has 1 atom stereocenters. The van der Waals surface area contributed by atoms with Crippen LogP contribution in [-0.2, 0) is 0 Å². The minimum Gasteiger partial charge on any atom is -0.478 e. The Bertz CT molecular complexity index is 432. The zero-order valence-electron chi connectivity index (χ0n) is 12.3. The monoisotopic (exact) mass is 264 g/mol. The van der Waals surface area contributed by atoms with E-state index in [1.165, 1.54) is 0 Å². The minimum atomic E-state index is -0.898. The molecule has 0 bridgehead atoms. The second kappa shape index (κ2) is 7.12. The van der Waals surface area contributed by atoms with Crippen LogP contribution in [0.25, 0.3) is 0 Å². The van der Waals surface area contributed by atoms with E-state index < -0.39 is 5.97 Å². The molecule has 0 radical (unpaired) electrons. The van der Waals surface area contributed by atoms with Crippen molar-refractivity contribution in [1.29, 1.82) is 0 Å². The molecular weight excluding hydrogens is 240 g/mol. The lowest BCUT2D eigenvalue weighted by Gasteiger charge is -2.31. The van der Waals surface area contributed by atoms with Gasteiger partial charge in [-0.1, -0.05) is 20.3 Å². The summed E-state index contributed by atoms with van der Waals surface area (Å²) in [4.78, 5) is 17.9. The van der Waals surface area contributed by atoms with Crippen LogP contribution < -0.4 is 4.90 Å². The van der Waals surface area contributed by atoms with Gasteiger partial charge in [0.2, 0.25) is 0 Å². The van der Waals surface area contributed by atoms with Gasteiger partial charge in [-0.2, -0.15) is 0 Å². The Kier molecular flexibility index (Phi) is 5.80. The summed E-state index contributed by atoms with van der Waals surface area (Å²) in [6.07, 6.45) is 4.79. The summed E-state index contributed by atoms with van der Waals surface area (Å²) in [6.45, 7) is 9.03. The fourth-order valence-corrected chi connectivity index (χ4v) is 2.11. The van der Waals surface area contributed by atoms with Crippen molar-refractivity contribution in [1.82, 2.24) is 4.98 Å². The third kappa shape index (κ3) is 3.69. The fourth-order valence-electron chi connectivity index (χ4n) is 2.11. The molecule has 0 saturated heterocycles. The number of unbranched alkanes of at least 4 members (excludes halogenated alkanes) is 1. The standard InChI is InChI=1S/C15H24N2O2/c1-5-7-10-17(12(4)6-2)14-13(15(18)19)11(3)8-9-16-14/h8-9,12H,5-7,10H2,1-4H3,(H,18,19). The van der Waals surface area contributed by atoms with E-state index in [1.807, 2.05) is 6.92 Å². The Balaban J connectivity index is 3.21. The Morgan fingerprint density at radius 3 is 2.68 bits per heavy atom. The zero-order chi connectivity index (χ0) is 14.4. The topological polar surface area (TPSA) is 53.4 Å². The lowest BCUT2D eigenvalue weighted by Crippen LogP contribution is -2.35. The van der Waals surface area contributed by atoms with Crippen LogP contribution in [0.1, 0.15) is 56.0 Å². The number of aryl methyl sites for hydroxylation is 1. The van der Waals surface area contributed by atoms with E-state index >= 15 is 0 Å². The Hall–Kier alpha value is -1.58. The fraction of sp³-hybridized carbons (Fsp3) is 0.600. The molecule has 1 unspecified atom stereocenters. The molecule has 4 nitrogen and oxygen atoms in total.